The summed E-state index contributed by atoms with van der Waals surface area (Å²) in [5.74, 6) is -2.75. The number of carbonyl (C=O) groups is 1. The highest BCUT2D eigenvalue weighted by atomic mass is 35.5. The van der Waals surface area contributed by atoms with Crippen molar-refractivity contribution in [2.24, 2.45) is 0 Å². The summed E-state index contributed by atoms with van der Waals surface area (Å²) < 4.78 is 27.2. The molecule has 0 atom stereocenters. The number of benzene rings is 2. The highest BCUT2D eigenvalue weighted by Crippen LogP contribution is 2.31. The zero-order chi connectivity index (χ0) is 17.1. The summed E-state index contributed by atoms with van der Waals surface area (Å²) in [6, 6.07) is 7.27. The Morgan fingerprint density at radius 1 is 1.04 bits per heavy atom. The second kappa shape index (κ2) is 7.40. The summed E-state index contributed by atoms with van der Waals surface area (Å²) in [5.41, 5.74) is -0.0835. The predicted molar refractivity (Wildman–Crippen MR) is 91.5 cm³/mol. The lowest BCUT2D eigenvalue weighted by Crippen LogP contribution is -2.34. The van der Waals surface area contributed by atoms with Crippen LogP contribution in [-0.4, -0.2) is 11.0 Å². The summed E-state index contributed by atoms with van der Waals surface area (Å²) in [4.78, 5) is 12.0. The molecule has 0 bridgehead atoms. The third-order valence-electron chi connectivity index (χ3n) is 2.70. The molecule has 0 aliphatic heterocycles. The normalized spacial score (nSPS) is 10.3. The first-order chi connectivity index (χ1) is 10.8. The summed E-state index contributed by atoms with van der Waals surface area (Å²) >= 11 is 21.8. The molecule has 120 valence electrons. The van der Waals surface area contributed by atoms with E-state index in [-0.39, 0.29) is 26.4 Å². The van der Waals surface area contributed by atoms with E-state index >= 15 is 0 Å². The minimum Gasteiger partial charge on any atom is -0.330 e. The number of hydrogen-bond acceptors (Lipinski definition) is 2. The van der Waals surface area contributed by atoms with Crippen LogP contribution in [-0.2, 0) is 0 Å². The molecule has 0 heterocycles. The van der Waals surface area contributed by atoms with Crippen molar-refractivity contribution in [1.82, 2.24) is 5.32 Å². The van der Waals surface area contributed by atoms with Crippen molar-refractivity contribution in [1.29, 1.82) is 0 Å². The molecule has 0 unspecified atom stereocenters. The topological polar surface area (TPSA) is 41.1 Å². The molecule has 0 aliphatic carbocycles. The standard InChI is InChI=1S/C14H7Cl3F2N2OS/c15-7-4-2-1-3-6(7)13(22)21-14(23)20-9-5-8(16)11(18)10(17)12(9)19/h1-5H,(H2,20,21,22,23). The third-order valence-corrected chi connectivity index (χ3v) is 3.84. The molecule has 0 spiro atoms. The number of halogens is 5. The Morgan fingerprint density at radius 2 is 1.70 bits per heavy atom. The average molecular weight is 396 g/mol. The van der Waals surface area contributed by atoms with Gasteiger partial charge in [0.1, 0.15) is 5.02 Å². The highest BCUT2D eigenvalue weighted by Gasteiger charge is 2.18. The van der Waals surface area contributed by atoms with Crippen LogP contribution >= 0.6 is 47.0 Å². The fourth-order valence-corrected chi connectivity index (χ4v) is 2.51. The zero-order valence-corrected chi connectivity index (χ0v) is 14.2. The molecule has 0 aliphatic rings. The van der Waals surface area contributed by atoms with Crippen molar-refractivity contribution >= 4 is 63.7 Å². The zero-order valence-electron chi connectivity index (χ0n) is 11.1. The van der Waals surface area contributed by atoms with E-state index in [1.165, 1.54) is 12.1 Å². The number of thiocarbonyl (C=S) groups is 1. The van der Waals surface area contributed by atoms with Gasteiger partial charge in [0.15, 0.2) is 16.7 Å². The quantitative estimate of drug-likeness (QED) is 0.425. The van der Waals surface area contributed by atoms with Gasteiger partial charge in [0, 0.05) is 0 Å². The summed E-state index contributed by atoms with van der Waals surface area (Å²) in [5, 5.41) is 3.53. The van der Waals surface area contributed by atoms with Crippen LogP contribution in [0.25, 0.3) is 0 Å². The van der Waals surface area contributed by atoms with Gasteiger partial charge in [0.05, 0.1) is 21.3 Å². The molecule has 0 aromatic heterocycles. The number of hydrogen-bond donors (Lipinski definition) is 2. The van der Waals surface area contributed by atoms with Crippen molar-refractivity contribution in [3.63, 3.8) is 0 Å². The van der Waals surface area contributed by atoms with Crippen molar-refractivity contribution in [3.05, 3.63) is 62.6 Å². The first-order valence-corrected chi connectivity index (χ1v) is 7.55. The lowest BCUT2D eigenvalue weighted by Gasteiger charge is -2.12. The van der Waals surface area contributed by atoms with Gasteiger partial charge in [0.2, 0.25) is 0 Å². The van der Waals surface area contributed by atoms with E-state index in [1.54, 1.807) is 12.1 Å². The van der Waals surface area contributed by atoms with Crippen molar-refractivity contribution in [3.8, 4) is 0 Å². The van der Waals surface area contributed by atoms with Crippen LogP contribution in [0.15, 0.2) is 30.3 Å². The van der Waals surface area contributed by atoms with Gasteiger partial charge in [-0.1, -0.05) is 46.9 Å². The van der Waals surface area contributed by atoms with Crippen LogP contribution in [0.4, 0.5) is 14.5 Å². The summed E-state index contributed by atoms with van der Waals surface area (Å²) in [6.45, 7) is 0. The molecule has 3 nitrogen and oxygen atoms in total. The van der Waals surface area contributed by atoms with Crippen LogP contribution in [0, 0.1) is 11.6 Å². The Balaban J connectivity index is 2.15. The molecule has 9 heteroatoms. The van der Waals surface area contributed by atoms with E-state index < -0.39 is 22.6 Å². The molecular weight excluding hydrogens is 389 g/mol. The first kappa shape index (κ1) is 17.9. The van der Waals surface area contributed by atoms with Crippen molar-refractivity contribution in [2.45, 2.75) is 0 Å². The smallest absolute Gasteiger partial charge is 0.258 e. The predicted octanol–water partition coefficient (Wildman–Crippen LogP) is 5.05. The Labute approximate surface area is 150 Å². The fraction of sp³-hybridized carbons (Fsp3) is 0. The van der Waals surface area contributed by atoms with Crippen LogP contribution in [0.1, 0.15) is 10.4 Å². The molecule has 23 heavy (non-hydrogen) atoms. The molecule has 1 amide bonds. The van der Waals surface area contributed by atoms with Crippen LogP contribution in [0.3, 0.4) is 0 Å². The molecule has 0 fully saturated rings. The molecule has 2 rings (SSSR count). The van der Waals surface area contributed by atoms with Gasteiger partial charge in [-0.2, -0.15) is 0 Å². The molecule has 2 aromatic rings. The number of nitrogens with one attached hydrogen (secondary N) is 2. The van der Waals surface area contributed by atoms with E-state index in [9.17, 15) is 13.6 Å². The van der Waals surface area contributed by atoms with Gasteiger partial charge in [-0.05, 0) is 30.4 Å². The Kier molecular flexibility index (Phi) is 5.75. The van der Waals surface area contributed by atoms with E-state index in [0.717, 1.165) is 6.07 Å². The van der Waals surface area contributed by atoms with Crippen LogP contribution < -0.4 is 10.6 Å². The second-order valence-corrected chi connectivity index (χ2v) is 5.84. The first-order valence-electron chi connectivity index (χ1n) is 6.01. The van der Waals surface area contributed by atoms with Crippen molar-refractivity contribution in [2.75, 3.05) is 5.32 Å². The van der Waals surface area contributed by atoms with Gasteiger partial charge >= 0.3 is 0 Å². The maximum Gasteiger partial charge on any atom is 0.258 e. The number of carbonyl (C=O) groups excluding carboxylic acids is 1. The SMILES string of the molecule is O=C(NC(=S)Nc1cc(Cl)c(F)c(Cl)c1F)c1ccccc1Cl. The largest absolute Gasteiger partial charge is 0.330 e. The summed E-state index contributed by atoms with van der Waals surface area (Å²) in [7, 11) is 0. The molecular formula is C14H7Cl3F2N2OS. The van der Waals surface area contributed by atoms with Gasteiger partial charge < -0.3 is 5.32 Å². The second-order valence-electron chi connectivity index (χ2n) is 4.24. The van der Waals surface area contributed by atoms with Crippen LogP contribution in [0.5, 0.6) is 0 Å². The molecule has 0 radical (unpaired) electrons. The average Bonchev–Trinajstić information content (AvgIpc) is 2.50. The fourth-order valence-electron chi connectivity index (χ4n) is 1.63. The monoisotopic (exact) mass is 394 g/mol. The van der Waals surface area contributed by atoms with E-state index in [4.69, 9.17) is 47.0 Å². The molecule has 0 saturated carbocycles. The Morgan fingerprint density at radius 3 is 2.35 bits per heavy atom. The maximum absolute atomic E-state index is 13.8. The number of amides is 1. The third kappa shape index (κ3) is 4.09. The van der Waals surface area contributed by atoms with Crippen molar-refractivity contribution < 1.29 is 13.6 Å². The number of rotatable bonds is 2. The Bertz CT molecular complexity index is 802. The lowest BCUT2D eigenvalue weighted by molar-refractivity contribution is 0.0978. The summed E-state index contributed by atoms with van der Waals surface area (Å²) in [6.07, 6.45) is 0. The number of anilines is 1. The van der Waals surface area contributed by atoms with Crippen LogP contribution in [0.2, 0.25) is 15.1 Å². The van der Waals surface area contributed by atoms with E-state index in [1.807, 2.05) is 0 Å². The molecule has 0 saturated heterocycles. The minimum absolute atomic E-state index is 0.189. The van der Waals surface area contributed by atoms with Gasteiger partial charge in [-0.15, -0.1) is 0 Å². The highest BCUT2D eigenvalue weighted by molar-refractivity contribution is 7.80. The lowest BCUT2D eigenvalue weighted by atomic mass is 10.2. The van der Waals surface area contributed by atoms with E-state index in [0.29, 0.717) is 0 Å². The molecule has 2 aromatic carbocycles. The molecule has 2 N–H and O–H groups in total. The van der Waals surface area contributed by atoms with E-state index in [2.05, 4.69) is 10.6 Å². The minimum atomic E-state index is -1.08. The van der Waals surface area contributed by atoms with Gasteiger partial charge in [-0.3, -0.25) is 10.1 Å². The van der Waals surface area contributed by atoms with Gasteiger partial charge in [0.25, 0.3) is 5.91 Å². The Hall–Kier alpha value is -1.47. The maximum atomic E-state index is 13.8. The van der Waals surface area contributed by atoms with Gasteiger partial charge in [-0.25, -0.2) is 8.78 Å².